The van der Waals surface area contributed by atoms with Gasteiger partial charge < -0.3 is 9.40 Å². The van der Waals surface area contributed by atoms with E-state index in [1.54, 1.807) is 0 Å². The quantitative estimate of drug-likeness (QED) is 0.131. The maximum Gasteiger partial charge on any atom is 0.121 e. The van der Waals surface area contributed by atoms with Crippen LogP contribution in [-0.2, 0) is 32.9 Å². The van der Waals surface area contributed by atoms with Crippen LogP contribution >= 0.6 is 0 Å². The molecule has 1 radical (unpaired) electrons. The molecule has 3 heterocycles. The number of hydrogen-bond acceptors (Lipinski definition) is 3. The Morgan fingerprint density at radius 2 is 1.50 bits per heavy atom. The largest absolute Gasteiger partial charge is 0.500 e. The second-order valence-corrected chi connectivity index (χ2v) is 23.4. The van der Waals surface area contributed by atoms with Gasteiger partial charge in [-0.1, -0.05) is 52.9 Å². The molecule has 0 aliphatic heterocycles. The number of hydrogen-bond donors (Lipinski definition) is 0. The third-order valence-corrected chi connectivity index (χ3v) is 12.9. The van der Waals surface area contributed by atoms with Crippen LogP contribution < -0.4 is 4.40 Å². The Morgan fingerprint density at radius 3 is 2.26 bits per heavy atom. The van der Waals surface area contributed by atoms with E-state index < -0.39 is 13.3 Å². The molecule has 0 saturated heterocycles. The molecule has 3 aromatic heterocycles. The zero-order valence-corrected chi connectivity index (χ0v) is 30.9. The van der Waals surface area contributed by atoms with Gasteiger partial charge in [-0.2, -0.15) is 0 Å². The summed E-state index contributed by atoms with van der Waals surface area (Å²) in [6, 6.07) is 42.2. The third-order valence-electron chi connectivity index (χ3n) is 8.66. The molecular weight excluding hydrogens is 801 g/mol. The summed E-state index contributed by atoms with van der Waals surface area (Å²) >= 11 is -1.72. The fourth-order valence-electron chi connectivity index (χ4n) is 6.11. The summed E-state index contributed by atoms with van der Waals surface area (Å²) in [5, 5.41) is 2.27. The van der Waals surface area contributed by atoms with Gasteiger partial charge in [-0.05, 0) is 60.7 Å². The van der Waals surface area contributed by atoms with Gasteiger partial charge in [-0.15, -0.1) is 23.8 Å². The zero-order chi connectivity index (χ0) is 30.8. The van der Waals surface area contributed by atoms with Crippen LogP contribution in [0, 0.1) is 12.1 Å². The number of aromatic nitrogens is 2. The van der Waals surface area contributed by atoms with Crippen LogP contribution in [0.4, 0.5) is 0 Å². The maximum absolute atomic E-state index is 6.10. The topological polar surface area (TPSA) is 38.9 Å². The Morgan fingerprint density at radius 1 is 0.696 bits per heavy atom. The van der Waals surface area contributed by atoms with E-state index in [0.717, 1.165) is 57.3 Å². The van der Waals surface area contributed by atoms with Crippen molar-refractivity contribution in [3.05, 3.63) is 139 Å². The average Bonchev–Trinajstić information content (AvgIpc) is 3.46. The molecular formula is C41H36GeIrN2O-2. The van der Waals surface area contributed by atoms with Crippen LogP contribution in [-0.4, -0.2) is 23.2 Å². The fourth-order valence-corrected chi connectivity index (χ4v) is 8.28. The fraction of sp³-hybridized carbons (Fsp3) is 0.171. The van der Waals surface area contributed by atoms with E-state index in [1.165, 1.54) is 39.5 Å². The van der Waals surface area contributed by atoms with E-state index in [1.807, 2.05) is 48.8 Å². The number of benzene rings is 4. The molecule has 3 nitrogen and oxygen atoms in total. The van der Waals surface area contributed by atoms with Gasteiger partial charge in [-0.3, -0.25) is 0 Å². The number of pyridine rings is 2. The van der Waals surface area contributed by atoms with Crippen molar-refractivity contribution in [3.8, 4) is 33.6 Å². The van der Waals surface area contributed by atoms with Crippen molar-refractivity contribution in [2.24, 2.45) is 0 Å². The molecule has 0 unspecified atom stereocenters. The van der Waals surface area contributed by atoms with Crippen molar-refractivity contribution in [2.45, 2.75) is 43.0 Å². The number of furan rings is 1. The van der Waals surface area contributed by atoms with Crippen molar-refractivity contribution in [3.63, 3.8) is 0 Å². The van der Waals surface area contributed by atoms with Crippen molar-refractivity contribution >= 4 is 39.6 Å². The van der Waals surface area contributed by atoms with Gasteiger partial charge in [0.15, 0.2) is 0 Å². The number of nitrogens with zero attached hydrogens (tertiary/aromatic N) is 2. The number of rotatable bonds is 4. The number of fused-ring (bicyclic) bond motifs is 4. The first-order chi connectivity index (χ1) is 21.9. The molecule has 0 atom stereocenters. The summed E-state index contributed by atoms with van der Waals surface area (Å²) in [5.41, 5.74) is 11.3. The van der Waals surface area contributed by atoms with Crippen LogP contribution in [0.15, 0.2) is 120 Å². The van der Waals surface area contributed by atoms with Crippen LogP contribution in [0.3, 0.4) is 0 Å². The molecule has 0 bridgehead atoms. The standard InChI is InChI=1S/C27H20NO.C14H16GeN.Ir/c1-2-6-18(7-3-1)20-10-12-25-23(16-20)24-17-21(11-13-26(24)29-25)27-22-9-5-4-8-19(22)14-15-28-27;1-15(2,3)13-9-10-14(16-11-13)12-7-5-4-6-8-12;/h1-3,6-7,10,12-17H,4-5,8-9H2;4-7,9-11H,1-3H3;/q2*-1;. The van der Waals surface area contributed by atoms with E-state index in [0.29, 0.717) is 0 Å². The first-order valence-corrected chi connectivity index (χ1v) is 23.1. The SMILES string of the molecule is [CH3][Ge]([CH3])([CH3])[c]1ccc(-c2[c-]cccc2)nc1.[Ir].[c-]1cc2oc3ccc(-c4ccccc4)cc3c2cc1-c1nccc2c1CCCC2. The summed E-state index contributed by atoms with van der Waals surface area (Å²) in [7, 11) is 0. The molecule has 0 spiro atoms. The van der Waals surface area contributed by atoms with E-state index in [2.05, 4.69) is 101 Å². The van der Waals surface area contributed by atoms with Crippen molar-refractivity contribution < 1.29 is 24.5 Å². The minimum absolute atomic E-state index is 0. The predicted octanol–water partition coefficient (Wildman–Crippen LogP) is 10.1. The molecule has 1 aliphatic rings. The minimum Gasteiger partial charge on any atom is -0.500 e. The maximum atomic E-state index is 6.10. The molecule has 1 aliphatic carbocycles. The van der Waals surface area contributed by atoms with Gasteiger partial charge in [0.25, 0.3) is 0 Å². The van der Waals surface area contributed by atoms with Gasteiger partial charge in [0, 0.05) is 31.7 Å². The predicted molar refractivity (Wildman–Crippen MR) is 189 cm³/mol. The molecule has 0 amide bonds. The molecule has 4 aromatic carbocycles. The molecule has 0 saturated carbocycles. The van der Waals surface area contributed by atoms with Crippen LogP contribution in [0.5, 0.6) is 0 Å². The van der Waals surface area contributed by atoms with Gasteiger partial charge in [0.05, 0.1) is 5.58 Å². The Kier molecular flexibility index (Phi) is 9.70. The first kappa shape index (κ1) is 32.1. The minimum atomic E-state index is -1.72. The third kappa shape index (κ3) is 6.81. The Balaban J connectivity index is 0.000000187. The molecule has 5 heteroatoms. The summed E-state index contributed by atoms with van der Waals surface area (Å²) in [5.74, 6) is 7.14. The van der Waals surface area contributed by atoms with Crippen molar-refractivity contribution in [2.75, 3.05) is 0 Å². The first-order valence-electron chi connectivity index (χ1n) is 15.8. The van der Waals surface area contributed by atoms with Crippen molar-refractivity contribution in [1.82, 2.24) is 9.97 Å². The molecule has 0 fully saturated rings. The summed E-state index contributed by atoms with van der Waals surface area (Å²) in [4.78, 5) is 9.27. The molecule has 231 valence electrons. The average molecular weight is 838 g/mol. The van der Waals surface area contributed by atoms with Gasteiger partial charge in [0.1, 0.15) is 5.58 Å². The van der Waals surface area contributed by atoms with Crippen LogP contribution in [0.25, 0.3) is 55.6 Å². The van der Waals surface area contributed by atoms with Gasteiger partial charge >= 0.3 is 99.8 Å². The second-order valence-electron chi connectivity index (χ2n) is 12.8. The normalized spacial score (nSPS) is 12.6. The Bertz CT molecular complexity index is 2080. The van der Waals surface area contributed by atoms with Crippen LogP contribution in [0.1, 0.15) is 24.0 Å². The van der Waals surface area contributed by atoms with E-state index in [4.69, 9.17) is 9.40 Å². The van der Waals surface area contributed by atoms with Gasteiger partial charge in [-0.25, -0.2) is 0 Å². The zero-order valence-electron chi connectivity index (χ0n) is 26.4. The van der Waals surface area contributed by atoms with Crippen LogP contribution in [0.2, 0.25) is 17.3 Å². The molecule has 0 N–H and O–H groups in total. The second kappa shape index (κ2) is 13.9. The smallest absolute Gasteiger partial charge is 0.121 e. The molecule has 46 heavy (non-hydrogen) atoms. The van der Waals surface area contributed by atoms with Crippen molar-refractivity contribution in [1.29, 1.82) is 0 Å². The Labute approximate surface area is 287 Å². The molecule has 8 rings (SSSR count). The summed E-state index contributed by atoms with van der Waals surface area (Å²) in [6.45, 7) is 0. The van der Waals surface area contributed by atoms with E-state index >= 15 is 0 Å². The van der Waals surface area contributed by atoms with Gasteiger partial charge in [0.2, 0.25) is 0 Å². The summed E-state index contributed by atoms with van der Waals surface area (Å²) in [6.07, 6.45) is 8.75. The number of aryl methyl sites for hydroxylation is 1. The monoisotopic (exact) mass is 839 g/mol. The van der Waals surface area contributed by atoms with E-state index in [9.17, 15) is 0 Å². The molecule has 7 aromatic rings. The summed E-state index contributed by atoms with van der Waals surface area (Å²) < 4.78 is 7.54. The Hall–Kier alpha value is -3.83. The van der Waals surface area contributed by atoms with E-state index in [-0.39, 0.29) is 20.1 Å².